The van der Waals surface area contributed by atoms with Gasteiger partial charge in [-0.15, -0.1) is 0 Å². The van der Waals surface area contributed by atoms with Crippen LogP contribution >= 0.6 is 0 Å². The van der Waals surface area contributed by atoms with Gasteiger partial charge in [-0.3, -0.25) is 0 Å². The first kappa shape index (κ1) is 9.71. The molecule has 0 spiro atoms. The van der Waals surface area contributed by atoms with Crippen LogP contribution in [0.1, 0.15) is 43.5 Å². The van der Waals surface area contributed by atoms with E-state index >= 15 is 0 Å². The van der Waals surface area contributed by atoms with Gasteiger partial charge < -0.3 is 10.7 Å². The van der Waals surface area contributed by atoms with E-state index in [0.29, 0.717) is 6.54 Å². The van der Waals surface area contributed by atoms with Gasteiger partial charge in [0.15, 0.2) is 0 Å². The Morgan fingerprint density at radius 3 is 2.93 bits per heavy atom. The molecule has 14 heavy (non-hydrogen) atoms. The smallest absolute Gasteiger partial charge is 0.0925 e. The predicted molar refractivity (Wildman–Crippen MR) is 56.8 cm³/mol. The summed E-state index contributed by atoms with van der Waals surface area (Å²) in [6.07, 6.45) is 9.83. The van der Waals surface area contributed by atoms with Crippen LogP contribution in [0.2, 0.25) is 0 Å². The second-order valence-electron chi connectivity index (χ2n) is 4.22. The zero-order valence-corrected chi connectivity index (χ0v) is 8.63. The number of aromatic amines is 1. The first-order valence-electron chi connectivity index (χ1n) is 5.61. The maximum absolute atomic E-state index is 5.61. The summed E-state index contributed by atoms with van der Waals surface area (Å²) >= 11 is 0. The van der Waals surface area contributed by atoms with Gasteiger partial charge in [0, 0.05) is 6.54 Å². The number of nitrogens with zero attached hydrogens (tertiary/aromatic N) is 1. The average molecular weight is 193 g/mol. The lowest BCUT2D eigenvalue weighted by Gasteiger charge is -2.07. The highest BCUT2D eigenvalue weighted by atomic mass is 14.9. The largest absolute Gasteiger partial charge is 0.347 e. The molecule has 1 heterocycles. The van der Waals surface area contributed by atoms with Crippen molar-refractivity contribution in [3.05, 3.63) is 17.7 Å². The van der Waals surface area contributed by atoms with E-state index in [1.807, 2.05) is 0 Å². The molecule has 1 fully saturated rings. The number of nitrogens with one attached hydrogen (secondary N) is 1. The van der Waals surface area contributed by atoms with Crippen LogP contribution in [0.15, 0.2) is 6.33 Å². The SMILES string of the molecule is NCc1[nH]cnc1CCC1CCCC1. The summed E-state index contributed by atoms with van der Waals surface area (Å²) in [5.41, 5.74) is 7.90. The van der Waals surface area contributed by atoms with Gasteiger partial charge in [0.25, 0.3) is 0 Å². The van der Waals surface area contributed by atoms with Crippen molar-refractivity contribution in [2.24, 2.45) is 11.7 Å². The standard InChI is InChI=1S/C11H19N3/c12-7-11-10(13-8-14-11)6-5-9-3-1-2-4-9/h8-9H,1-7,12H2,(H,13,14). The molecule has 0 aromatic carbocycles. The van der Waals surface area contributed by atoms with Crippen molar-refractivity contribution in [1.82, 2.24) is 9.97 Å². The number of nitrogens with two attached hydrogens (primary N) is 1. The third-order valence-electron chi connectivity index (χ3n) is 3.28. The Kier molecular flexibility index (Phi) is 3.19. The number of H-pyrrole nitrogens is 1. The zero-order chi connectivity index (χ0) is 9.80. The Morgan fingerprint density at radius 2 is 2.21 bits per heavy atom. The van der Waals surface area contributed by atoms with Crippen molar-refractivity contribution in [3.63, 3.8) is 0 Å². The molecule has 0 saturated heterocycles. The molecule has 0 radical (unpaired) electrons. The fourth-order valence-electron chi connectivity index (χ4n) is 2.38. The summed E-state index contributed by atoms with van der Waals surface area (Å²) < 4.78 is 0. The molecule has 1 saturated carbocycles. The van der Waals surface area contributed by atoms with E-state index < -0.39 is 0 Å². The zero-order valence-electron chi connectivity index (χ0n) is 8.63. The molecule has 0 atom stereocenters. The molecular formula is C11H19N3. The minimum Gasteiger partial charge on any atom is -0.347 e. The summed E-state index contributed by atoms with van der Waals surface area (Å²) in [5.74, 6) is 0.942. The third kappa shape index (κ3) is 2.15. The molecule has 3 N–H and O–H groups in total. The lowest BCUT2D eigenvalue weighted by molar-refractivity contribution is 0.500. The minimum absolute atomic E-state index is 0.583. The van der Waals surface area contributed by atoms with Gasteiger partial charge in [0.1, 0.15) is 0 Å². The molecule has 1 aromatic rings. The van der Waals surface area contributed by atoms with Crippen LogP contribution < -0.4 is 5.73 Å². The normalized spacial score (nSPS) is 17.8. The average Bonchev–Trinajstić information content (AvgIpc) is 2.85. The van der Waals surface area contributed by atoms with Gasteiger partial charge in [-0.2, -0.15) is 0 Å². The van der Waals surface area contributed by atoms with E-state index in [4.69, 9.17) is 5.73 Å². The van der Waals surface area contributed by atoms with E-state index in [2.05, 4.69) is 9.97 Å². The Hall–Kier alpha value is -0.830. The topological polar surface area (TPSA) is 54.7 Å². The molecule has 0 unspecified atom stereocenters. The molecule has 78 valence electrons. The van der Waals surface area contributed by atoms with E-state index in [9.17, 15) is 0 Å². The van der Waals surface area contributed by atoms with E-state index in [1.54, 1.807) is 6.33 Å². The van der Waals surface area contributed by atoms with Crippen molar-refractivity contribution in [3.8, 4) is 0 Å². The number of imidazole rings is 1. The molecule has 0 amide bonds. The van der Waals surface area contributed by atoms with Crippen molar-refractivity contribution in [2.75, 3.05) is 0 Å². The van der Waals surface area contributed by atoms with Crippen molar-refractivity contribution < 1.29 is 0 Å². The van der Waals surface area contributed by atoms with Gasteiger partial charge in [-0.1, -0.05) is 25.7 Å². The van der Waals surface area contributed by atoms with Crippen LogP contribution in [0.4, 0.5) is 0 Å². The molecule has 2 rings (SSSR count). The van der Waals surface area contributed by atoms with Crippen LogP contribution in [0.5, 0.6) is 0 Å². The summed E-state index contributed by atoms with van der Waals surface area (Å²) in [6, 6.07) is 0. The molecule has 0 aliphatic heterocycles. The third-order valence-corrected chi connectivity index (χ3v) is 3.28. The fourth-order valence-corrected chi connectivity index (χ4v) is 2.38. The fraction of sp³-hybridized carbons (Fsp3) is 0.727. The Balaban J connectivity index is 1.84. The van der Waals surface area contributed by atoms with Crippen molar-refractivity contribution in [2.45, 2.75) is 45.1 Å². The number of rotatable bonds is 4. The Labute approximate surface area is 85.1 Å². The highest BCUT2D eigenvalue weighted by Gasteiger charge is 2.15. The number of aryl methyl sites for hydroxylation is 1. The van der Waals surface area contributed by atoms with Crippen LogP contribution in [0, 0.1) is 5.92 Å². The molecule has 3 heteroatoms. The lowest BCUT2D eigenvalue weighted by atomic mass is 10.00. The lowest BCUT2D eigenvalue weighted by Crippen LogP contribution is -2.03. The predicted octanol–water partition coefficient (Wildman–Crippen LogP) is 1.99. The number of hydrogen-bond acceptors (Lipinski definition) is 2. The molecular weight excluding hydrogens is 174 g/mol. The summed E-state index contributed by atoms with van der Waals surface area (Å²) in [5, 5.41) is 0. The van der Waals surface area contributed by atoms with Crippen LogP contribution in [-0.4, -0.2) is 9.97 Å². The second kappa shape index (κ2) is 4.60. The van der Waals surface area contributed by atoms with Gasteiger partial charge in [-0.05, 0) is 18.8 Å². The molecule has 1 aromatic heterocycles. The van der Waals surface area contributed by atoms with E-state index in [0.717, 1.165) is 18.0 Å². The summed E-state index contributed by atoms with van der Waals surface area (Å²) in [7, 11) is 0. The van der Waals surface area contributed by atoms with Gasteiger partial charge in [-0.25, -0.2) is 4.98 Å². The van der Waals surface area contributed by atoms with Crippen molar-refractivity contribution in [1.29, 1.82) is 0 Å². The van der Waals surface area contributed by atoms with Gasteiger partial charge in [0.05, 0.1) is 17.7 Å². The maximum Gasteiger partial charge on any atom is 0.0925 e. The number of aromatic nitrogens is 2. The first-order valence-corrected chi connectivity index (χ1v) is 5.61. The molecule has 1 aliphatic carbocycles. The summed E-state index contributed by atoms with van der Waals surface area (Å²) in [6.45, 7) is 0.583. The monoisotopic (exact) mass is 193 g/mol. The second-order valence-corrected chi connectivity index (χ2v) is 4.22. The molecule has 1 aliphatic rings. The Bertz CT molecular complexity index is 274. The quantitative estimate of drug-likeness (QED) is 0.768. The maximum atomic E-state index is 5.61. The van der Waals surface area contributed by atoms with Crippen LogP contribution in [-0.2, 0) is 13.0 Å². The van der Waals surface area contributed by atoms with E-state index in [1.165, 1.54) is 37.8 Å². The highest BCUT2D eigenvalue weighted by molar-refractivity contribution is 5.10. The van der Waals surface area contributed by atoms with Crippen molar-refractivity contribution >= 4 is 0 Å². The van der Waals surface area contributed by atoms with E-state index in [-0.39, 0.29) is 0 Å². The minimum atomic E-state index is 0.583. The van der Waals surface area contributed by atoms with Crippen LogP contribution in [0.3, 0.4) is 0 Å². The Morgan fingerprint density at radius 1 is 1.43 bits per heavy atom. The summed E-state index contributed by atoms with van der Waals surface area (Å²) in [4.78, 5) is 7.41. The number of hydrogen-bond donors (Lipinski definition) is 2. The van der Waals surface area contributed by atoms with Gasteiger partial charge in [0.2, 0.25) is 0 Å². The molecule has 0 bridgehead atoms. The highest BCUT2D eigenvalue weighted by Crippen LogP contribution is 2.28. The first-order chi connectivity index (χ1) is 6.90. The molecule has 3 nitrogen and oxygen atoms in total. The van der Waals surface area contributed by atoms with Gasteiger partial charge >= 0.3 is 0 Å². The van der Waals surface area contributed by atoms with Crippen LogP contribution in [0.25, 0.3) is 0 Å².